The monoisotopic (exact) mass is 1020 g/mol. The minimum absolute atomic E-state index is 0.0552. The summed E-state index contributed by atoms with van der Waals surface area (Å²) in [5.41, 5.74) is 0. The second kappa shape index (κ2) is 53.5. The van der Waals surface area contributed by atoms with Gasteiger partial charge in [0.25, 0.3) is 0 Å². The molecule has 9 heteroatoms. The highest BCUT2D eigenvalue weighted by Gasteiger charge is 2.27. The van der Waals surface area contributed by atoms with Crippen LogP contribution in [0.4, 0.5) is 0 Å². The number of hydrogen-bond acceptors (Lipinski definition) is 5. The quantitative estimate of drug-likeness (QED) is 0.0243. The minimum atomic E-state index is -4.36. The Bertz CT molecular complexity index is 1250. The summed E-state index contributed by atoms with van der Waals surface area (Å²) in [7, 11) is 1.56. The number of rotatable bonds is 57. The van der Waals surface area contributed by atoms with Crippen LogP contribution >= 0.6 is 7.82 Å². The van der Waals surface area contributed by atoms with E-state index in [-0.39, 0.29) is 19.1 Å². The van der Waals surface area contributed by atoms with Gasteiger partial charge in [-0.05, 0) is 44.9 Å². The SMILES string of the molecule is CCCCCCCCCCCCCCCCCCCCCCC/C=C/CC/C=C/CC/C=C/C(O)C(COP(=O)(O)OCC[N+](C)(C)C)NC(=O)CCCCCCCCCCCCCCCCCCCC. The third-order valence-electron chi connectivity index (χ3n) is 14.1. The van der Waals surface area contributed by atoms with Crippen LogP contribution in [0.15, 0.2) is 36.5 Å². The Hall–Kier alpha value is -1.28. The van der Waals surface area contributed by atoms with Crippen LogP contribution in [0, 0.1) is 0 Å². The van der Waals surface area contributed by atoms with Crippen LogP contribution in [-0.4, -0.2) is 73.4 Å². The first-order chi connectivity index (χ1) is 34.5. The number of nitrogens with zero attached hydrogens (tertiary/aromatic N) is 1. The predicted octanol–water partition coefficient (Wildman–Crippen LogP) is 18.9. The van der Waals surface area contributed by atoms with Gasteiger partial charge < -0.3 is 19.8 Å². The Labute approximate surface area is 442 Å². The van der Waals surface area contributed by atoms with E-state index in [0.29, 0.717) is 17.4 Å². The summed E-state index contributed by atoms with van der Waals surface area (Å²) in [6.07, 6.45) is 69.9. The molecule has 0 aliphatic rings. The summed E-state index contributed by atoms with van der Waals surface area (Å²) in [4.78, 5) is 23.3. The smallest absolute Gasteiger partial charge is 0.387 e. The Morgan fingerprint density at radius 1 is 0.465 bits per heavy atom. The van der Waals surface area contributed by atoms with Crippen LogP contribution in [0.1, 0.15) is 303 Å². The molecule has 0 aliphatic heterocycles. The van der Waals surface area contributed by atoms with E-state index in [0.717, 1.165) is 44.9 Å². The van der Waals surface area contributed by atoms with Gasteiger partial charge in [-0.25, -0.2) is 4.57 Å². The number of hydrogen-bond donors (Lipinski definition) is 3. The molecule has 3 N–H and O–H groups in total. The van der Waals surface area contributed by atoms with Crippen molar-refractivity contribution >= 4 is 13.7 Å². The van der Waals surface area contributed by atoms with Crippen molar-refractivity contribution in [2.75, 3.05) is 40.9 Å². The molecule has 0 heterocycles. The zero-order chi connectivity index (χ0) is 52.0. The molecule has 0 aromatic rings. The molecule has 420 valence electrons. The summed E-state index contributed by atoms with van der Waals surface area (Å²) in [6, 6.07) is -0.868. The number of carbonyl (C=O) groups excluding carboxylic acids is 1. The second-order valence-electron chi connectivity index (χ2n) is 22.4. The van der Waals surface area contributed by atoms with Crippen LogP contribution in [0.2, 0.25) is 0 Å². The number of allylic oxidation sites excluding steroid dienone is 5. The minimum Gasteiger partial charge on any atom is -0.387 e. The molecule has 0 aromatic carbocycles. The first-order valence-electron chi connectivity index (χ1n) is 30.9. The van der Waals surface area contributed by atoms with E-state index < -0.39 is 20.0 Å². The largest absolute Gasteiger partial charge is 0.472 e. The Morgan fingerprint density at radius 2 is 0.775 bits per heavy atom. The van der Waals surface area contributed by atoms with E-state index in [1.54, 1.807) is 6.08 Å². The van der Waals surface area contributed by atoms with Gasteiger partial charge in [0.15, 0.2) is 0 Å². The number of phosphoric acid groups is 1. The molecule has 0 fully saturated rings. The van der Waals surface area contributed by atoms with E-state index in [4.69, 9.17) is 9.05 Å². The van der Waals surface area contributed by atoms with Gasteiger partial charge in [-0.2, -0.15) is 0 Å². The van der Waals surface area contributed by atoms with Crippen molar-refractivity contribution in [1.29, 1.82) is 0 Å². The number of carbonyl (C=O) groups is 1. The summed E-state index contributed by atoms with van der Waals surface area (Å²) >= 11 is 0. The number of phosphoric ester groups is 1. The lowest BCUT2D eigenvalue weighted by Gasteiger charge is -2.25. The van der Waals surface area contributed by atoms with Crippen LogP contribution in [-0.2, 0) is 18.4 Å². The lowest BCUT2D eigenvalue weighted by atomic mass is 10.0. The fourth-order valence-electron chi connectivity index (χ4n) is 9.25. The standard InChI is InChI=1S/C62H121N2O6P/c1-6-8-10-12-14-16-18-20-22-24-26-27-28-29-30-31-32-33-34-35-36-37-38-39-41-43-45-47-49-51-53-55-61(65)60(59-70-71(67,68)69-58-57-64(3,4)5)63-62(66)56-54-52-50-48-46-44-42-40-25-23-21-19-17-15-13-11-9-7-2/h38-39,45,47,53,55,60-61,65H,6-37,40-44,46,48-52,54,56-59H2,1-5H3,(H-,63,66,67,68)/p+1/b39-38+,47-45+,55-53+. The fourth-order valence-corrected chi connectivity index (χ4v) is 9.99. The van der Waals surface area contributed by atoms with Gasteiger partial charge in [0.1, 0.15) is 13.2 Å². The molecule has 71 heavy (non-hydrogen) atoms. The number of likely N-dealkylation sites (N-methyl/N-ethyl adjacent to an activating group) is 1. The Balaban J connectivity index is 4.17. The van der Waals surface area contributed by atoms with Crippen molar-refractivity contribution in [1.82, 2.24) is 5.32 Å². The number of amides is 1. The third-order valence-corrected chi connectivity index (χ3v) is 15.1. The van der Waals surface area contributed by atoms with E-state index in [9.17, 15) is 19.4 Å². The lowest BCUT2D eigenvalue weighted by molar-refractivity contribution is -0.870. The van der Waals surface area contributed by atoms with Gasteiger partial charge in [-0.15, -0.1) is 0 Å². The van der Waals surface area contributed by atoms with Crippen molar-refractivity contribution in [3.05, 3.63) is 36.5 Å². The van der Waals surface area contributed by atoms with Crippen molar-refractivity contribution < 1.29 is 32.9 Å². The summed E-state index contributed by atoms with van der Waals surface area (Å²) in [5, 5.41) is 13.9. The molecule has 0 rings (SSSR count). The van der Waals surface area contributed by atoms with Crippen LogP contribution in [0.5, 0.6) is 0 Å². The highest BCUT2D eigenvalue weighted by molar-refractivity contribution is 7.47. The number of quaternary nitrogens is 1. The molecule has 0 aromatic heterocycles. The molecule has 0 saturated heterocycles. The van der Waals surface area contributed by atoms with Gasteiger partial charge >= 0.3 is 7.82 Å². The summed E-state index contributed by atoms with van der Waals surface area (Å²) in [6.45, 7) is 4.83. The van der Waals surface area contributed by atoms with E-state index in [1.807, 2.05) is 27.2 Å². The number of aliphatic hydroxyl groups excluding tert-OH is 1. The molecule has 0 spiro atoms. The van der Waals surface area contributed by atoms with Gasteiger partial charge in [0.2, 0.25) is 5.91 Å². The molecule has 0 aliphatic carbocycles. The molecule has 0 bridgehead atoms. The van der Waals surface area contributed by atoms with Crippen molar-refractivity contribution in [3.63, 3.8) is 0 Å². The second-order valence-corrected chi connectivity index (χ2v) is 23.9. The molecule has 3 unspecified atom stereocenters. The summed E-state index contributed by atoms with van der Waals surface area (Å²) < 4.78 is 23.7. The third kappa shape index (κ3) is 56.3. The molecule has 0 radical (unpaired) electrons. The van der Waals surface area contributed by atoms with Crippen molar-refractivity contribution in [2.24, 2.45) is 0 Å². The maximum absolute atomic E-state index is 13.0. The van der Waals surface area contributed by atoms with Crippen molar-refractivity contribution in [3.8, 4) is 0 Å². The summed E-state index contributed by atoms with van der Waals surface area (Å²) in [5.74, 6) is -0.186. The highest BCUT2D eigenvalue weighted by atomic mass is 31.2. The average molecular weight is 1020 g/mol. The maximum atomic E-state index is 13.0. The van der Waals surface area contributed by atoms with Crippen molar-refractivity contribution in [2.45, 2.75) is 315 Å². The van der Waals surface area contributed by atoms with Gasteiger partial charge in [0.05, 0.1) is 39.9 Å². The normalized spacial score (nSPS) is 14.1. The lowest BCUT2D eigenvalue weighted by Crippen LogP contribution is -2.45. The van der Waals surface area contributed by atoms with Crippen LogP contribution < -0.4 is 5.32 Å². The van der Waals surface area contributed by atoms with E-state index >= 15 is 0 Å². The first kappa shape index (κ1) is 69.7. The molecule has 0 saturated carbocycles. The highest BCUT2D eigenvalue weighted by Crippen LogP contribution is 2.43. The van der Waals surface area contributed by atoms with Gasteiger partial charge in [-0.3, -0.25) is 13.8 Å². The topological polar surface area (TPSA) is 105 Å². The van der Waals surface area contributed by atoms with Crippen LogP contribution in [0.25, 0.3) is 0 Å². The molecule has 3 atom stereocenters. The number of nitrogens with one attached hydrogen (secondary N) is 1. The fraction of sp³-hybridized carbons (Fsp3) is 0.887. The van der Waals surface area contributed by atoms with Gasteiger partial charge in [0, 0.05) is 6.42 Å². The first-order valence-corrected chi connectivity index (χ1v) is 32.4. The zero-order valence-corrected chi connectivity index (χ0v) is 48.9. The predicted molar refractivity (Wildman–Crippen MR) is 309 cm³/mol. The average Bonchev–Trinajstić information content (AvgIpc) is 3.33. The molecular weight excluding hydrogens is 900 g/mol. The maximum Gasteiger partial charge on any atom is 0.472 e. The molecule has 1 amide bonds. The Morgan fingerprint density at radius 3 is 1.13 bits per heavy atom. The zero-order valence-electron chi connectivity index (χ0n) is 48.0. The van der Waals surface area contributed by atoms with Crippen LogP contribution in [0.3, 0.4) is 0 Å². The Kier molecular flexibility index (Phi) is 52.6. The van der Waals surface area contributed by atoms with Gasteiger partial charge in [-0.1, -0.05) is 288 Å². The van der Waals surface area contributed by atoms with E-state index in [1.165, 1.54) is 238 Å². The number of unbranched alkanes of at least 4 members (excludes halogenated alkanes) is 40. The molecular formula is C62H122N2O6P+. The molecule has 8 nitrogen and oxygen atoms in total. The van der Waals surface area contributed by atoms with E-state index in [2.05, 4.69) is 43.5 Å². The number of aliphatic hydroxyl groups is 1.